The first-order valence-corrected chi connectivity index (χ1v) is 7.95. The van der Waals surface area contributed by atoms with E-state index in [1.807, 2.05) is 0 Å². The molecule has 1 spiro atoms. The molecule has 0 amide bonds. The van der Waals surface area contributed by atoms with Crippen molar-refractivity contribution in [2.24, 2.45) is 11.8 Å². The molecule has 3 nitrogen and oxygen atoms in total. The Labute approximate surface area is 121 Å². The lowest BCUT2D eigenvalue weighted by Gasteiger charge is -2.39. The maximum absolute atomic E-state index is 5.57. The zero-order chi connectivity index (χ0) is 13.4. The van der Waals surface area contributed by atoms with Crippen molar-refractivity contribution in [3.63, 3.8) is 0 Å². The van der Waals surface area contributed by atoms with E-state index in [0.717, 1.165) is 31.6 Å². The zero-order valence-electron chi connectivity index (χ0n) is 12.1. The first kappa shape index (κ1) is 12.8. The number of fused-ring (bicyclic) bond motifs is 2. The van der Waals surface area contributed by atoms with E-state index in [0.29, 0.717) is 5.54 Å². The van der Waals surface area contributed by atoms with Crippen LogP contribution in [0.25, 0.3) is 0 Å². The molecule has 2 atom stereocenters. The summed E-state index contributed by atoms with van der Waals surface area (Å²) in [5.74, 6) is 1.67. The number of rotatable bonds is 2. The average Bonchev–Trinajstić information content (AvgIpc) is 3.03. The molecule has 3 aliphatic rings. The summed E-state index contributed by atoms with van der Waals surface area (Å²) in [4.78, 5) is 2.66. The molecule has 0 saturated carbocycles. The lowest BCUT2D eigenvalue weighted by molar-refractivity contribution is 0.0258. The predicted octanol–water partition coefficient (Wildman–Crippen LogP) is 1.89. The highest BCUT2D eigenvalue weighted by Crippen LogP contribution is 2.43. The fourth-order valence-electron chi connectivity index (χ4n) is 4.51. The topological polar surface area (TPSA) is 24.5 Å². The Morgan fingerprint density at radius 1 is 1.15 bits per heavy atom. The second kappa shape index (κ2) is 5.14. The molecule has 3 fully saturated rings. The Kier molecular flexibility index (Phi) is 3.29. The molecular weight excluding hydrogens is 248 g/mol. The number of ether oxygens (including phenoxy) is 1. The molecule has 1 aromatic carbocycles. The summed E-state index contributed by atoms with van der Waals surface area (Å²) in [6.07, 6.45) is 2.40. The van der Waals surface area contributed by atoms with Crippen LogP contribution in [0.1, 0.15) is 18.4 Å². The molecule has 4 rings (SSSR count). The predicted molar refractivity (Wildman–Crippen MR) is 79.5 cm³/mol. The van der Waals surface area contributed by atoms with Crippen molar-refractivity contribution in [1.29, 1.82) is 0 Å². The molecule has 0 unspecified atom stereocenters. The van der Waals surface area contributed by atoms with E-state index in [1.54, 1.807) is 0 Å². The molecule has 1 N–H and O–H groups in total. The number of hydrogen-bond donors (Lipinski definition) is 1. The molecule has 20 heavy (non-hydrogen) atoms. The third-order valence-electron chi connectivity index (χ3n) is 5.58. The second-order valence-electron chi connectivity index (χ2n) is 6.70. The fourth-order valence-corrected chi connectivity index (χ4v) is 4.51. The van der Waals surface area contributed by atoms with Gasteiger partial charge in [0.1, 0.15) is 0 Å². The Morgan fingerprint density at radius 3 is 2.75 bits per heavy atom. The molecule has 3 aliphatic heterocycles. The van der Waals surface area contributed by atoms with Crippen LogP contribution in [0, 0.1) is 11.8 Å². The van der Waals surface area contributed by atoms with Crippen LogP contribution in [0.15, 0.2) is 30.3 Å². The highest BCUT2D eigenvalue weighted by atomic mass is 16.5. The van der Waals surface area contributed by atoms with Gasteiger partial charge in [-0.3, -0.25) is 4.90 Å². The van der Waals surface area contributed by atoms with Gasteiger partial charge in [-0.15, -0.1) is 0 Å². The molecule has 0 radical (unpaired) electrons. The van der Waals surface area contributed by atoms with Gasteiger partial charge in [-0.25, -0.2) is 0 Å². The van der Waals surface area contributed by atoms with E-state index in [4.69, 9.17) is 4.74 Å². The van der Waals surface area contributed by atoms with E-state index in [9.17, 15) is 0 Å². The summed E-state index contributed by atoms with van der Waals surface area (Å²) in [6, 6.07) is 10.9. The van der Waals surface area contributed by atoms with E-state index in [2.05, 4.69) is 40.5 Å². The van der Waals surface area contributed by atoms with Crippen molar-refractivity contribution in [2.75, 3.05) is 32.8 Å². The standard InChI is InChI=1S/C17H24N2O/c1-2-4-14(5-3-1)11-19-12-15-10-18-17(16(15)13-19)6-8-20-9-7-17/h1-5,15-16,18H,6-13H2/t15-,16+/m1/s1. The number of nitrogens with one attached hydrogen (secondary N) is 1. The van der Waals surface area contributed by atoms with Crippen LogP contribution < -0.4 is 5.32 Å². The zero-order valence-corrected chi connectivity index (χ0v) is 12.1. The molecule has 0 bridgehead atoms. The molecule has 108 valence electrons. The van der Waals surface area contributed by atoms with Crippen molar-refractivity contribution >= 4 is 0 Å². The highest BCUT2D eigenvalue weighted by molar-refractivity contribution is 5.16. The van der Waals surface area contributed by atoms with Crippen molar-refractivity contribution in [2.45, 2.75) is 24.9 Å². The van der Waals surface area contributed by atoms with E-state index in [1.165, 1.54) is 38.0 Å². The van der Waals surface area contributed by atoms with Crippen molar-refractivity contribution in [3.8, 4) is 0 Å². The van der Waals surface area contributed by atoms with Gasteiger partial charge in [0.25, 0.3) is 0 Å². The summed E-state index contributed by atoms with van der Waals surface area (Å²) in [5, 5.41) is 3.85. The first-order valence-electron chi connectivity index (χ1n) is 7.95. The van der Waals surface area contributed by atoms with Gasteiger partial charge in [0.15, 0.2) is 0 Å². The van der Waals surface area contributed by atoms with Gasteiger partial charge < -0.3 is 10.1 Å². The lowest BCUT2D eigenvalue weighted by atomic mass is 9.77. The van der Waals surface area contributed by atoms with Crippen LogP contribution in [0.3, 0.4) is 0 Å². The summed E-state index contributed by atoms with van der Waals surface area (Å²) >= 11 is 0. The first-order chi connectivity index (χ1) is 9.86. The summed E-state index contributed by atoms with van der Waals surface area (Å²) in [7, 11) is 0. The Morgan fingerprint density at radius 2 is 1.95 bits per heavy atom. The molecule has 0 aliphatic carbocycles. The fraction of sp³-hybridized carbons (Fsp3) is 0.647. The summed E-state index contributed by atoms with van der Waals surface area (Å²) in [6.45, 7) is 6.71. The van der Waals surface area contributed by atoms with Gasteiger partial charge in [0.2, 0.25) is 0 Å². The van der Waals surface area contributed by atoms with Crippen LogP contribution >= 0.6 is 0 Å². The minimum atomic E-state index is 0.383. The number of nitrogens with zero attached hydrogens (tertiary/aromatic N) is 1. The van der Waals surface area contributed by atoms with Crippen molar-refractivity contribution in [1.82, 2.24) is 10.2 Å². The number of likely N-dealkylation sites (tertiary alicyclic amines) is 1. The van der Waals surface area contributed by atoms with E-state index >= 15 is 0 Å². The van der Waals surface area contributed by atoms with Crippen LogP contribution in [0.5, 0.6) is 0 Å². The van der Waals surface area contributed by atoms with Crippen molar-refractivity contribution in [3.05, 3.63) is 35.9 Å². The minimum Gasteiger partial charge on any atom is -0.381 e. The Hall–Kier alpha value is -0.900. The highest BCUT2D eigenvalue weighted by Gasteiger charge is 2.52. The monoisotopic (exact) mass is 272 g/mol. The smallest absolute Gasteiger partial charge is 0.0483 e. The minimum absolute atomic E-state index is 0.383. The molecule has 3 heterocycles. The van der Waals surface area contributed by atoms with Gasteiger partial charge in [-0.05, 0) is 30.2 Å². The molecular formula is C17H24N2O. The maximum atomic E-state index is 5.57. The second-order valence-corrected chi connectivity index (χ2v) is 6.70. The van der Waals surface area contributed by atoms with E-state index < -0.39 is 0 Å². The SMILES string of the molecule is c1ccc(CN2C[C@H]3CNC4(CCOCC4)[C@H]3C2)cc1. The largest absolute Gasteiger partial charge is 0.381 e. The Bertz CT molecular complexity index is 450. The average molecular weight is 272 g/mol. The van der Waals surface area contributed by atoms with Crippen LogP contribution in [-0.4, -0.2) is 43.3 Å². The van der Waals surface area contributed by atoms with Gasteiger partial charge in [-0.2, -0.15) is 0 Å². The van der Waals surface area contributed by atoms with Gasteiger partial charge in [-0.1, -0.05) is 30.3 Å². The summed E-state index contributed by atoms with van der Waals surface area (Å²) < 4.78 is 5.57. The third kappa shape index (κ3) is 2.18. The summed E-state index contributed by atoms with van der Waals surface area (Å²) in [5.41, 5.74) is 1.83. The molecule has 3 heteroatoms. The van der Waals surface area contributed by atoms with Crippen LogP contribution in [-0.2, 0) is 11.3 Å². The maximum Gasteiger partial charge on any atom is 0.0483 e. The normalized spacial score (nSPS) is 32.6. The van der Waals surface area contributed by atoms with Gasteiger partial charge >= 0.3 is 0 Å². The quantitative estimate of drug-likeness (QED) is 0.890. The van der Waals surface area contributed by atoms with Gasteiger partial charge in [0.05, 0.1) is 0 Å². The van der Waals surface area contributed by atoms with Crippen LogP contribution in [0.4, 0.5) is 0 Å². The van der Waals surface area contributed by atoms with Crippen molar-refractivity contribution < 1.29 is 4.74 Å². The molecule has 3 saturated heterocycles. The molecule has 1 aromatic rings. The lowest BCUT2D eigenvalue weighted by Crippen LogP contribution is -2.50. The van der Waals surface area contributed by atoms with Crippen LogP contribution in [0.2, 0.25) is 0 Å². The number of hydrogen-bond acceptors (Lipinski definition) is 3. The third-order valence-corrected chi connectivity index (χ3v) is 5.58. The number of benzene rings is 1. The van der Waals surface area contributed by atoms with E-state index in [-0.39, 0.29) is 0 Å². The van der Waals surface area contributed by atoms with Gasteiger partial charge in [0, 0.05) is 44.9 Å². The Balaban J connectivity index is 1.45. The molecule has 0 aromatic heterocycles.